The maximum atomic E-state index is 11.6. The number of hydrogen-bond donors (Lipinski definition) is 2. The molecule has 0 spiro atoms. The summed E-state index contributed by atoms with van der Waals surface area (Å²) in [6, 6.07) is 0. The number of ether oxygens (including phenoxy) is 1. The summed E-state index contributed by atoms with van der Waals surface area (Å²) in [6.07, 6.45) is 0.734. The van der Waals surface area contributed by atoms with E-state index in [-0.39, 0.29) is 29.1 Å². The molecule has 17 heavy (non-hydrogen) atoms. The maximum absolute atomic E-state index is 11.6. The molecule has 1 rings (SSSR count). The third kappa shape index (κ3) is 2.35. The number of carbonyl (C=O) groups is 3. The van der Waals surface area contributed by atoms with Crippen LogP contribution in [0.3, 0.4) is 0 Å². The number of aromatic nitrogens is 1. The lowest BCUT2D eigenvalue weighted by atomic mass is 10.1. The Labute approximate surface area is 97.6 Å². The minimum atomic E-state index is -1.21. The molecule has 6 nitrogen and oxygen atoms in total. The van der Waals surface area contributed by atoms with E-state index in [1.165, 1.54) is 0 Å². The standard InChI is InChI=1S/C11H13NO5/c1-3-6-8(11(16)17-4-2)7(5-13)12-9(6)10(14)15/h5,12H,3-4H2,1-2H3,(H,14,15). The summed E-state index contributed by atoms with van der Waals surface area (Å²) in [5.41, 5.74) is 0.107. The van der Waals surface area contributed by atoms with Crippen molar-refractivity contribution in [3.63, 3.8) is 0 Å². The van der Waals surface area contributed by atoms with E-state index < -0.39 is 11.9 Å². The lowest BCUT2D eigenvalue weighted by Gasteiger charge is -2.03. The number of carboxylic acid groups (broad SMARTS) is 1. The van der Waals surface area contributed by atoms with Crippen LogP contribution in [0.4, 0.5) is 0 Å². The third-order valence-corrected chi connectivity index (χ3v) is 2.30. The molecule has 1 heterocycles. The lowest BCUT2D eigenvalue weighted by Crippen LogP contribution is -2.09. The minimum Gasteiger partial charge on any atom is -0.477 e. The summed E-state index contributed by atoms with van der Waals surface area (Å²) >= 11 is 0. The number of carbonyl (C=O) groups excluding carboxylic acids is 2. The van der Waals surface area contributed by atoms with Crippen LogP contribution in [0.25, 0.3) is 0 Å². The van der Waals surface area contributed by atoms with Crippen LogP contribution in [0.1, 0.15) is 50.7 Å². The molecule has 0 atom stereocenters. The van der Waals surface area contributed by atoms with Gasteiger partial charge in [0.2, 0.25) is 0 Å². The predicted octanol–water partition coefficient (Wildman–Crippen LogP) is 1.26. The van der Waals surface area contributed by atoms with Crippen molar-refractivity contribution in [1.29, 1.82) is 0 Å². The van der Waals surface area contributed by atoms with Gasteiger partial charge in [0.05, 0.1) is 17.9 Å². The summed E-state index contributed by atoms with van der Waals surface area (Å²) in [7, 11) is 0. The highest BCUT2D eigenvalue weighted by Crippen LogP contribution is 2.20. The lowest BCUT2D eigenvalue weighted by molar-refractivity contribution is 0.0523. The zero-order valence-corrected chi connectivity index (χ0v) is 9.57. The Bertz CT molecular complexity index is 461. The van der Waals surface area contributed by atoms with Crippen LogP contribution in [-0.2, 0) is 11.2 Å². The van der Waals surface area contributed by atoms with Crippen molar-refractivity contribution in [2.45, 2.75) is 20.3 Å². The van der Waals surface area contributed by atoms with Crippen LogP contribution in [-0.4, -0.2) is 34.9 Å². The molecule has 0 aromatic carbocycles. The second-order valence-electron chi connectivity index (χ2n) is 3.26. The number of carboxylic acids is 1. The van der Waals surface area contributed by atoms with E-state index in [0.29, 0.717) is 12.7 Å². The van der Waals surface area contributed by atoms with Gasteiger partial charge in [-0.05, 0) is 18.9 Å². The van der Waals surface area contributed by atoms with E-state index in [2.05, 4.69) is 4.98 Å². The largest absolute Gasteiger partial charge is 0.477 e. The third-order valence-electron chi connectivity index (χ3n) is 2.30. The van der Waals surface area contributed by atoms with Crippen LogP contribution in [0.5, 0.6) is 0 Å². The van der Waals surface area contributed by atoms with E-state index >= 15 is 0 Å². The molecule has 0 unspecified atom stereocenters. The number of rotatable bonds is 5. The summed E-state index contributed by atoms with van der Waals surface area (Å²) in [5, 5.41) is 8.94. The topological polar surface area (TPSA) is 96.5 Å². The van der Waals surface area contributed by atoms with Gasteiger partial charge in [0.1, 0.15) is 5.69 Å². The molecule has 1 aromatic heterocycles. The van der Waals surface area contributed by atoms with E-state index in [0.717, 1.165) is 0 Å². The molecule has 0 radical (unpaired) electrons. The molecule has 0 amide bonds. The van der Waals surface area contributed by atoms with Crippen LogP contribution in [0.2, 0.25) is 0 Å². The van der Waals surface area contributed by atoms with Crippen molar-refractivity contribution in [3.8, 4) is 0 Å². The minimum absolute atomic E-state index is 0.0155. The van der Waals surface area contributed by atoms with E-state index in [1.54, 1.807) is 13.8 Å². The first-order chi connectivity index (χ1) is 8.06. The molecule has 0 saturated heterocycles. The molecule has 0 aliphatic rings. The molecule has 6 heteroatoms. The first kappa shape index (κ1) is 13.0. The fourth-order valence-corrected chi connectivity index (χ4v) is 1.62. The van der Waals surface area contributed by atoms with Gasteiger partial charge < -0.3 is 14.8 Å². The fourth-order valence-electron chi connectivity index (χ4n) is 1.62. The molecule has 0 fully saturated rings. The molecule has 0 bridgehead atoms. The van der Waals surface area contributed by atoms with Gasteiger partial charge in [-0.2, -0.15) is 0 Å². The van der Waals surface area contributed by atoms with Gasteiger partial charge in [0.25, 0.3) is 0 Å². The average Bonchev–Trinajstić information content (AvgIpc) is 2.67. The van der Waals surface area contributed by atoms with Crippen molar-refractivity contribution in [2.75, 3.05) is 6.61 Å². The molecule has 0 aliphatic carbocycles. The molecule has 0 saturated carbocycles. The Morgan fingerprint density at radius 2 is 2.06 bits per heavy atom. The molecular weight excluding hydrogens is 226 g/mol. The van der Waals surface area contributed by atoms with Crippen LogP contribution in [0.15, 0.2) is 0 Å². The monoisotopic (exact) mass is 239 g/mol. The normalized spacial score (nSPS) is 10.0. The zero-order chi connectivity index (χ0) is 13.0. The Hall–Kier alpha value is -2.11. The number of H-pyrrole nitrogens is 1. The number of aromatic carboxylic acids is 1. The van der Waals surface area contributed by atoms with Gasteiger partial charge in [-0.25, -0.2) is 9.59 Å². The SMILES string of the molecule is CCOC(=O)c1c(C=O)[nH]c(C(=O)O)c1CC. The molecular formula is C11H13NO5. The summed E-state index contributed by atoms with van der Waals surface area (Å²) in [5.74, 6) is -1.89. The smallest absolute Gasteiger partial charge is 0.352 e. The Balaban J connectivity index is 3.39. The molecule has 92 valence electrons. The van der Waals surface area contributed by atoms with Gasteiger partial charge in [0, 0.05) is 0 Å². The summed E-state index contributed by atoms with van der Waals surface area (Å²) < 4.78 is 4.80. The number of nitrogens with one attached hydrogen (secondary N) is 1. The average molecular weight is 239 g/mol. The maximum Gasteiger partial charge on any atom is 0.352 e. The van der Waals surface area contributed by atoms with Crippen molar-refractivity contribution in [3.05, 3.63) is 22.5 Å². The molecule has 0 aliphatic heterocycles. The Morgan fingerprint density at radius 1 is 1.41 bits per heavy atom. The predicted molar refractivity (Wildman–Crippen MR) is 58.5 cm³/mol. The van der Waals surface area contributed by atoms with Crippen molar-refractivity contribution in [2.24, 2.45) is 0 Å². The number of hydrogen-bond acceptors (Lipinski definition) is 4. The highest BCUT2D eigenvalue weighted by Gasteiger charge is 2.25. The van der Waals surface area contributed by atoms with Gasteiger partial charge in [0.15, 0.2) is 6.29 Å². The van der Waals surface area contributed by atoms with E-state index in [4.69, 9.17) is 9.84 Å². The van der Waals surface area contributed by atoms with E-state index in [9.17, 15) is 14.4 Å². The van der Waals surface area contributed by atoms with Gasteiger partial charge in [-0.15, -0.1) is 0 Å². The summed E-state index contributed by atoms with van der Waals surface area (Å²) in [4.78, 5) is 35.8. The first-order valence-corrected chi connectivity index (χ1v) is 5.17. The molecule has 2 N–H and O–H groups in total. The van der Waals surface area contributed by atoms with Crippen molar-refractivity contribution >= 4 is 18.2 Å². The molecule has 1 aromatic rings. The van der Waals surface area contributed by atoms with Gasteiger partial charge in [-0.3, -0.25) is 4.79 Å². The Kier molecular flexibility index (Phi) is 4.03. The van der Waals surface area contributed by atoms with Gasteiger partial charge in [-0.1, -0.05) is 6.92 Å². The van der Waals surface area contributed by atoms with E-state index in [1.807, 2.05) is 0 Å². The van der Waals surface area contributed by atoms with Gasteiger partial charge >= 0.3 is 11.9 Å². The quantitative estimate of drug-likeness (QED) is 0.595. The summed E-state index contributed by atoms with van der Waals surface area (Å²) in [6.45, 7) is 3.50. The van der Waals surface area contributed by atoms with Crippen LogP contribution in [0, 0.1) is 0 Å². The highest BCUT2D eigenvalue weighted by molar-refractivity contribution is 6.03. The zero-order valence-electron chi connectivity index (χ0n) is 9.57. The van der Waals surface area contributed by atoms with Crippen molar-refractivity contribution < 1.29 is 24.2 Å². The number of aldehydes is 1. The highest BCUT2D eigenvalue weighted by atomic mass is 16.5. The second kappa shape index (κ2) is 5.29. The number of esters is 1. The number of aromatic amines is 1. The van der Waals surface area contributed by atoms with Crippen molar-refractivity contribution in [1.82, 2.24) is 4.98 Å². The first-order valence-electron chi connectivity index (χ1n) is 5.17. The Morgan fingerprint density at radius 3 is 2.47 bits per heavy atom. The van der Waals surface area contributed by atoms with Crippen LogP contribution < -0.4 is 0 Å². The second-order valence-corrected chi connectivity index (χ2v) is 3.26. The fraction of sp³-hybridized carbons (Fsp3) is 0.364. The van der Waals surface area contributed by atoms with Crippen LogP contribution >= 0.6 is 0 Å².